The second-order valence-corrected chi connectivity index (χ2v) is 7.82. The molecule has 148 valence electrons. The fraction of sp³-hybridized carbons (Fsp3) is 0.222. The molecule has 1 saturated heterocycles. The minimum Gasteiger partial charge on any atom is -0.325 e. The average Bonchev–Trinajstić information content (AvgIpc) is 3.06. The number of rotatable bonds is 6. The Kier molecular flexibility index (Phi) is 5.71. The largest absolute Gasteiger partial charge is 0.325 e. The molecule has 3 rings (SSSR count). The number of nitrogens with zero attached hydrogens (tertiary/aromatic N) is 1. The van der Waals surface area contributed by atoms with Crippen LogP contribution >= 0.6 is 0 Å². The fourth-order valence-electron chi connectivity index (χ4n) is 2.82. The standard InChI is InChI=1S/C18H17F2N3O4S/c19-14-3-1-4-15(20)18(14)28(26,27)21-11-16(24)22-12-6-8-13(9-7-12)23-10-2-5-17(23)25/h1,3-4,6-9,21H,2,5,10-11H2,(H,22,24). The van der Waals surface area contributed by atoms with E-state index in [0.29, 0.717) is 24.3 Å². The van der Waals surface area contributed by atoms with Gasteiger partial charge in [0.2, 0.25) is 21.8 Å². The van der Waals surface area contributed by atoms with Gasteiger partial charge in [0, 0.05) is 24.3 Å². The Morgan fingerprint density at radius 3 is 2.29 bits per heavy atom. The molecule has 2 aromatic carbocycles. The molecular weight excluding hydrogens is 392 g/mol. The summed E-state index contributed by atoms with van der Waals surface area (Å²) in [5.41, 5.74) is 1.09. The van der Waals surface area contributed by atoms with Crippen LogP contribution < -0.4 is 14.9 Å². The topological polar surface area (TPSA) is 95.6 Å². The van der Waals surface area contributed by atoms with E-state index in [9.17, 15) is 26.8 Å². The van der Waals surface area contributed by atoms with Crippen LogP contribution in [-0.2, 0) is 19.6 Å². The maximum atomic E-state index is 13.6. The third-order valence-corrected chi connectivity index (χ3v) is 5.60. The Morgan fingerprint density at radius 1 is 1.07 bits per heavy atom. The molecule has 0 unspecified atom stereocenters. The fourth-order valence-corrected chi connectivity index (χ4v) is 3.94. The first-order valence-corrected chi connectivity index (χ1v) is 9.90. The van der Waals surface area contributed by atoms with Crippen molar-refractivity contribution in [3.8, 4) is 0 Å². The minimum absolute atomic E-state index is 0.0339. The summed E-state index contributed by atoms with van der Waals surface area (Å²) in [6, 6.07) is 9.13. The van der Waals surface area contributed by atoms with Crippen molar-refractivity contribution in [2.75, 3.05) is 23.3 Å². The van der Waals surface area contributed by atoms with Gasteiger partial charge in [-0.15, -0.1) is 0 Å². The first-order valence-electron chi connectivity index (χ1n) is 8.42. The lowest BCUT2D eigenvalue weighted by atomic mass is 10.2. The van der Waals surface area contributed by atoms with Gasteiger partial charge >= 0.3 is 0 Å². The molecule has 0 saturated carbocycles. The summed E-state index contributed by atoms with van der Waals surface area (Å²) in [5, 5.41) is 2.47. The highest BCUT2D eigenvalue weighted by molar-refractivity contribution is 7.89. The van der Waals surface area contributed by atoms with Gasteiger partial charge in [-0.2, -0.15) is 0 Å². The van der Waals surface area contributed by atoms with Crippen molar-refractivity contribution < 1.29 is 26.8 Å². The zero-order chi connectivity index (χ0) is 20.3. The van der Waals surface area contributed by atoms with Crippen LogP contribution in [0.3, 0.4) is 0 Å². The Hall–Kier alpha value is -2.85. The summed E-state index contributed by atoms with van der Waals surface area (Å²) in [6.45, 7) is -0.0681. The van der Waals surface area contributed by atoms with Crippen LogP contribution in [0.1, 0.15) is 12.8 Å². The lowest BCUT2D eigenvalue weighted by molar-refractivity contribution is -0.117. The second kappa shape index (κ2) is 8.03. The van der Waals surface area contributed by atoms with Crippen molar-refractivity contribution in [1.29, 1.82) is 0 Å². The van der Waals surface area contributed by atoms with Gasteiger partial charge in [-0.3, -0.25) is 9.59 Å². The van der Waals surface area contributed by atoms with E-state index in [4.69, 9.17) is 0 Å². The van der Waals surface area contributed by atoms with E-state index in [0.717, 1.165) is 24.6 Å². The summed E-state index contributed by atoms with van der Waals surface area (Å²) in [6.07, 6.45) is 1.29. The number of halogens is 2. The number of benzene rings is 2. The number of anilines is 2. The van der Waals surface area contributed by atoms with Crippen molar-refractivity contribution in [3.05, 3.63) is 54.1 Å². The van der Waals surface area contributed by atoms with Gasteiger partial charge in [-0.1, -0.05) is 6.07 Å². The van der Waals surface area contributed by atoms with Gasteiger partial charge < -0.3 is 10.2 Å². The number of hydrogen-bond donors (Lipinski definition) is 2. The lowest BCUT2D eigenvalue weighted by Gasteiger charge is -2.16. The van der Waals surface area contributed by atoms with Crippen LogP contribution in [-0.4, -0.2) is 33.3 Å². The van der Waals surface area contributed by atoms with E-state index >= 15 is 0 Å². The minimum atomic E-state index is -4.54. The van der Waals surface area contributed by atoms with Crippen molar-refractivity contribution in [2.45, 2.75) is 17.7 Å². The molecule has 1 aliphatic heterocycles. The van der Waals surface area contributed by atoms with Gasteiger partial charge in [0.15, 0.2) is 4.90 Å². The number of carbonyl (C=O) groups is 2. The Morgan fingerprint density at radius 2 is 1.71 bits per heavy atom. The normalized spacial score (nSPS) is 14.4. The molecule has 0 bridgehead atoms. The maximum absolute atomic E-state index is 13.6. The number of carbonyl (C=O) groups excluding carboxylic acids is 2. The second-order valence-electron chi connectivity index (χ2n) is 6.12. The molecule has 7 nitrogen and oxygen atoms in total. The van der Waals surface area contributed by atoms with Gasteiger partial charge in [-0.05, 0) is 42.8 Å². The van der Waals surface area contributed by atoms with E-state index in [-0.39, 0.29) is 5.91 Å². The zero-order valence-corrected chi connectivity index (χ0v) is 15.4. The summed E-state index contributed by atoms with van der Waals surface area (Å²) >= 11 is 0. The number of amides is 2. The van der Waals surface area contributed by atoms with Gasteiger partial charge in [0.05, 0.1) is 6.54 Å². The monoisotopic (exact) mass is 409 g/mol. The zero-order valence-electron chi connectivity index (χ0n) is 14.6. The van der Waals surface area contributed by atoms with Crippen molar-refractivity contribution >= 4 is 33.2 Å². The van der Waals surface area contributed by atoms with E-state index in [1.54, 1.807) is 29.2 Å². The van der Waals surface area contributed by atoms with Crippen LogP contribution in [0.4, 0.5) is 20.2 Å². The number of sulfonamides is 1. The Bertz CT molecular complexity index is 990. The molecule has 28 heavy (non-hydrogen) atoms. The van der Waals surface area contributed by atoms with Gasteiger partial charge in [-0.25, -0.2) is 21.9 Å². The van der Waals surface area contributed by atoms with Crippen LogP contribution in [0.2, 0.25) is 0 Å². The predicted molar refractivity (Wildman–Crippen MR) is 98.2 cm³/mol. The third-order valence-electron chi connectivity index (χ3n) is 4.15. The predicted octanol–water partition coefficient (Wildman–Crippen LogP) is 2.01. The summed E-state index contributed by atoms with van der Waals surface area (Å²) in [4.78, 5) is 24.2. The highest BCUT2D eigenvalue weighted by Gasteiger charge is 2.24. The first kappa shape index (κ1) is 19.9. The lowest BCUT2D eigenvalue weighted by Crippen LogP contribution is -2.33. The Labute approximate surface area is 160 Å². The molecule has 0 aliphatic carbocycles. The third kappa shape index (κ3) is 4.34. The molecule has 1 fully saturated rings. The molecular formula is C18H17F2N3O4S. The summed E-state index contributed by atoms with van der Waals surface area (Å²) in [5.74, 6) is -3.18. The van der Waals surface area contributed by atoms with E-state index in [1.807, 2.05) is 4.72 Å². The number of nitrogens with one attached hydrogen (secondary N) is 2. The molecule has 1 aliphatic rings. The summed E-state index contributed by atoms with van der Waals surface area (Å²) in [7, 11) is -4.54. The number of hydrogen-bond acceptors (Lipinski definition) is 4. The van der Waals surface area contributed by atoms with Crippen molar-refractivity contribution in [2.24, 2.45) is 0 Å². The molecule has 0 atom stereocenters. The van der Waals surface area contributed by atoms with Crippen LogP contribution in [0.15, 0.2) is 47.4 Å². The van der Waals surface area contributed by atoms with E-state index < -0.39 is 39.0 Å². The first-order chi connectivity index (χ1) is 13.3. The van der Waals surface area contributed by atoms with E-state index in [2.05, 4.69) is 5.32 Å². The summed E-state index contributed by atoms with van der Waals surface area (Å²) < 4.78 is 53.2. The molecule has 1 heterocycles. The van der Waals surface area contributed by atoms with Crippen LogP contribution in [0, 0.1) is 11.6 Å². The smallest absolute Gasteiger partial charge is 0.246 e. The van der Waals surface area contributed by atoms with Gasteiger partial charge in [0.1, 0.15) is 11.6 Å². The molecule has 0 aromatic heterocycles. The molecule has 2 N–H and O–H groups in total. The maximum Gasteiger partial charge on any atom is 0.246 e. The molecule has 0 spiro atoms. The van der Waals surface area contributed by atoms with Crippen LogP contribution in [0.25, 0.3) is 0 Å². The van der Waals surface area contributed by atoms with Gasteiger partial charge in [0.25, 0.3) is 0 Å². The highest BCUT2D eigenvalue weighted by atomic mass is 32.2. The quantitative estimate of drug-likeness (QED) is 0.763. The molecule has 2 amide bonds. The average molecular weight is 409 g/mol. The molecule has 2 aromatic rings. The van der Waals surface area contributed by atoms with Crippen molar-refractivity contribution in [3.63, 3.8) is 0 Å². The van der Waals surface area contributed by atoms with Crippen molar-refractivity contribution in [1.82, 2.24) is 4.72 Å². The Balaban J connectivity index is 1.60. The van der Waals surface area contributed by atoms with E-state index in [1.165, 1.54) is 0 Å². The highest BCUT2D eigenvalue weighted by Crippen LogP contribution is 2.23. The SMILES string of the molecule is O=C(CNS(=O)(=O)c1c(F)cccc1F)Nc1ccc(N2CCCC2=O)cc1. The van der Waals surface area contributed by atoms with Crippen LogP contribution in [0.5, 0.6) is 0 Å². The molecule has 0 radical (unpaired) electrons. The molecule has 10 heteroatoms.